The number of hydrogen-bond donors (Lipinski definition) is 1. The molecule has 0 amide bonds. The van der Waals surface area contributed by atoms with E-state index in [1.165, 1.54) is 6.92 Å². The predicted molar refractivity (Wildman–Crippen MR) is 80.6 cm³/mol. The van der Waals surface area contributed by atoms with Crippen LogP contribution in [-0.4, -0.2) is 46.9 Å². The van der Waals surface area contributed by atoms with Crippen molar-refractivity contribution in [2.75, 3.05) is 6.61 Å². The second-order valence-electron chi connectivity index (χ2n) is 7.83. The molecule has 3 rings (SSSR count). The highest BCUT2D eigenvalue weighted by molar-refractivity contribution is 5.79. The maximum Gasteiger partial charge on any atom is 0.307 e. The van der Waals surface area contributed by atoms with Crippen LogP contribution in [0.4, 0.5) is 0 Å². The van der Waals surface area contributed by atoms with Crippen molar-refractivity contribution in [3.63, 3.8) is 0 Å². The Morgan fingerprint density at radius 3 is 2.46 bits per heavy atom. The van der Waals surface area contributed by atoms with Crippen LogP contribution >= 0.6 is 0 Å². The van der Waals surface area contributed by atoms with E-state index in [0.717, 1.165) is 0 Å². The van der Waals surface area contributed by atoms with Crippen LogP contribution in [0.5, 0.6) is 0 Å². The fourth-order valence-corrected chi connectivity index (χ4v) is 5.06. The molecule has 1 spiro atoms. The van der Waals surface area contributed by atoms with Crippen LogP contribution < -0.4 is 0 Å². The fourth-order valence-electron chi connectivity index (χ4n) is 5.06. The Morgan fingerprint density at radius 1 is 1.21 bits per heavy atom. The van der Waals surface area contributed by atoms with Crippen LogP contribution in [-0.2, 0) is 28.6 Å². The number of carbonyl (C=O) groups is 3. The summed E-state index contributed by atoms with van der Waals surface area (Å²) in [6.07, 6.45) is -0.0349. The zero-order valence-electron chi connectivity index (χ0n) is 14.5. The molecule has 1 aliphatic carbocycles. The summed E-state index contributed by atoms with van der Waals surface area (Å²) in [6.45, 7) is 6.41. The van der Waals surface area contributed by atoms with Crippen molar-refractivity contribution in [1.29, 1.82) is 0 Å². The summed E-state index contributed by atoms with van der Waals surface area (Å²) in [7, 11) is 0. The SMILES string of the molecule is CC(=O)O[C@@H](C)[C@]1(C)COC(=O)C[C@]23CC(=O)O[C@@]2(C)CC[C@@]31O. The minimum Gasteiger partial charge on any atom is -0.465 e. The van der Waals surface area contributed by atoms with E-state index < -0.39 is 46.0 Å². The van der Waals surface area contributed by atoms with Gasteiger partial charge in [0, 0.05) is 6.92 Å². The van der Waals surface area contributed by atoms with Crippen LogP contribution in [0, 0.1) is 10.8 Å². The Balaban J connectivity index is 2.15. The van der Waals surface area contributed by atoms with E-state index in [0.29, 0.717) is 12.8 Å². The monoisotopic (exact) mass is 340 g/mol. The van der Waals surface area contributed by atoms with Crippen LogP contribution in [0.3, 0.4) is 0 Å². The lowest BCUT2D eigenvalue weighted by Gasteiger charge is -2.52. The Bertz CT molecular complexity index is 616. The molecule has 2 saturated heterocycles. The van der Waals surface area contributed by atoms with E-state index in [-0.39, 0.29) is 19.4 Å². The second-order valence-corrected chi connectivity index (χ2v) is 7.83. The van der Waals surface area contributed by atoms with Crippen LogP contribution in [0.15, 0.2) is 0 Å². The molecule has 3 fully saturated rings. The molecule has 0 radical (unpaired) electrons. The first-order valence-corrected chi connectivity index (χ1v) is 8.27. The van der Waals surface area contributed by atoms with Crippen molar-refractivity contribution < 1.29 is 33.7 Å². The van der Waals surface area contributed by atoms with E-state index in [9.17, 15) is 19.5 Å². The average molecular weight is 340 g/mol. The third-order valence-electron chi connectivity index (χ3n) is 6.72. The lowest BCUT2D eigenvalue weighted by molar-refractivity contribution is -0.212. The number of cyclic esters (lactones) is 1. The van der Waals surface area contributed by atoms with Crippen LogP contribution in [0.1, 0.15) is 53.4 Å². The largest absolute Gasteiger partial charge is 0.465 e. The smallest absolute Gasteiger partial charge is 0.307 e. The summed E-state index contributed by atoms with van der Waals surface area (Å²) in [4.78, 5) is 35.8. The summed E-state index contributed by atoms with van der Waals surface area (Å²) in [6, 6.07) is 0. The van der Waals surface area contributed by atoms with Crippen molar-refractivity contribution in [2.45, 2.75) is 70.7 Å². The first-order valence-electron chi connectivity index (χ1n) is 8.27. The number of carbonyl (C=O) groups excluding carboxylic acids is 3. The Morgan fingerprint density at radius 2 is 1.83 bits per heavy atom. The normalized spacial score (nSPS) is 45.5. The molecular weight excluding hydrogens is 316 g/mol. The maximum atomic E-state index is 12.3. The highest BCUT2D eigenvalue weighted by Gasteiger charge is 2.78. The first-order chi connectivity index (χ1) is 11.0. The fraction of sp³-hybridized carbons (Fsp3) is 0.824. The molecule has 7 heteroatoms. The molecule has 0 unspecified atom stereocenters. The van der Waals surface area contributed by atoms with Gasteiger partial charge in [0.15, 0.2) is 0 Å². The van der Waals surface area contributed by atoms with Gasteiger partial charge in [0.1, 0.15) is 18.3 Å². The Labute approximate surface area is 140 Å². The molecule has 3 aliphatic rings. The van der Waals surface area contributed by atoms with Gasteiger partial charge in [-0.25, -0.2) is 0 Å². The van der Waals surface area contributed by atoms with Crippen LogP contribution in [0.2, 0.25) is 0 Å². The van der Waals surface area contributed by atoms with Crippen molar-refractivity contribution >= 4 is 17.9 Å². The number of aliphatic hydroxyl groups is 1. The van der Waals surface area contributed by atoms with Gasteiger partial charge in [-0.3, -0.25) is 14.4 Å². The molecule has 5 atom stereocenters. The summed E-state index contributed by atoms with van der Waals surface area (Å²) in [5, 5.41) is 11.8. The predicted octanol–water partition coefficient (Wildman–Crippen LogP) is 1.11. The third kappa shape index (κ3) is 1.90. The summed E-state index contributed by atoms with van der Waals surface area (Å²) >= 11 is 0. The van der Waals surface area contributed by atoms with Gasteiger partial charge in [-0.2, -0.15) is 0 Å². The van der Waals surface area contributed by atoms with Gasteiger partial charge < -0.3 is 19.3 Å². The lowest BCUT2D eigenvalue weighted by Crippen LogP contribution is -2.64. The van der Waals surface area contributed by atoms with Crippen molar-refractivity contribution in [2.24, 2.45) is 10.8 Å². The molecule has 0 aromatic carbocycles. The summed E-state index contributed by atoms with van der Waals surface area (Å²) < 4.78 is 16.2. The highest BCUT2D eigenvalue weighted by Crippen LogP contribution is 2.68. The van der Waals surface area contributed by atoms with E-state index in [1.54, 1.807) is 20.8 Å². The molecule has 2 heterocycles. The van der Waals surface area contributed by atoms with Gasteiger partial charge in [0.2, 0.25) is 0 Å². The van der Waals surface area contributed by atoms with Gasteiger partial charge in [-0.15, -0.1) is 0 Å². The molecule has 2 aliphatic heterocycles. The Hall–Kier alpha value is -1.63. The molecule has 24 heavy (non-hydrogen) atoms. The average Bonchev–Trinajstić information content (AvgIpc) is 2.79. The van der Waals surface area contributed by atoms with Crippen molar-refractivity contribution in [3.8, 4) is 0 Å². The van der Waals surface area contributed by atoms with Gasteiger partial charge >= 0.3 is 17.9 Å². The number of rotatable bonds is 2. The van der Waals surface area contributed by atoms with Crippen LogP contribution in [0.25, 0.3) is 0 Å². The van der Waals surface area contributed by atoms with Gasteiger partial charge in [-0.1, -0.05) is 0 Å². The summed E-state index contributed by atoms with van der Waals surface area (Å²) in [5.74, 6) is -1.37. The molecule has 0 aromatic heterocycles. The quantitative estimate of drug-likeness (QED) is 0.594. The van der Waals surface area contributed by atoms with Gasteiger partial charge in [-0.05, 0) is 33.6 Å². The zero-order valence-corrected chi connectivity index (χ0v) is 14.5. The molecule has 134 valence electrons. The van der Waals surface area contributed by atoms with E-state index in [2.05, 4.69) is 0 Å². The molecule has 0 aromatic rings. The number of hydrogen-bond acceptors (Lipinski definition) is 7. The lowest BCUT2D eigenvalue weighted by atomic mass is 9.55. The number of ether oxygens (including phenoxy) is 3. The zero-order chi connectivity index (χ0) is 18.0. The topological polar surface area (TPSA) is 99.1 Å². The molecule has 1 saturated carbocycles. The molecular formula is C17H24O7. The minimum absolute atomic E-state index is 0.0442. The first kappa shape index (κ1) is 17.2. The van der Waals surface area contributed by atoms with E-state index in [1.807, 2.05) is 0 Å². The Kier molecular flexibility index (Phi) is 3.54. The maximum absolute atomic E-state index is 12.3. The highest BCUT2D eigenvalue weighted by atomic mass is 16.6. The number of esters is 3. The third-order valence-corrected chi connectivity index (χ3v) is 6.72. The van der Waals surface area contributed by atoms with E-state index in [4.69, 9.17) is 14.2 Å². The van der Waals surface area contributed by atoms with Gasteiger partial charge in [0.05, 0.1) is 29.3 Å². The summed E-state index contributed by atoms with van der Waals surface area (Å²) in [5.41, 5.74) is -4.48. The molecule has 1 N–H and O–H groups in total. The molecule has 7 nitrogen and oxygen atoms in total. The second kappa shape index (κ2) is 4.94. The van der Waals surface area contributed by atoms with Gasteiger partial charge in [0.25, 0.3) is 0 Å². The van der Waals surface area contributed by atoms with Crippen molar-refractivity contribution in [1.82, 2.24) is 0 Å². The minimum atomic E-state index is -1.43. The van der Waals surface area contributed by atoms with Crippen molar-refractivity contribution in [3.05, 3.63) is 0 Å². The molecule has 0 bridgehead atoms. The van der Waals surface area contributed by atoms with E-state index >= 15 is 0 Å². The standard InChI is InChI=1S/C17H24O7/c1-10(23-11(2)18)14(3)9-22-12(19)7-16-8-13(20)24-15(16,4)5-6-17(14,16)21/h10,21H,5-9H2,1-4H3/t10-,14-,15-,16-,17-/m0/s1.